The molecule has 0 saturated heterocycles. The van der Waals surface area contributed by atoms with E-state index in [0.717, 1.165) is 6.54 Å². The zero-order valence-corrected chi connectivity index (χ0v) is 9.78. The molecule has 3 N–H and O–H groups in total. The highest BCUT2D eigenvalue weighted by Crippen LogP contribution is 2.10. The SMILES string of the molecule is CN(C)C(C)(C)CNc1nccc(N)n1. The molecule has 15 heavy (non-hydrogen) atoms. The average Bonchev–Trinajstić information content (AvgIpc) is 2.15. The summed E-state index contributed by atoms with van der Waals surface area (Å²) in [6, 6.07) is 1.67. The molecule has 0 spiro atoms. The lowest BCUT2D eigenvalue weighted by atomic mass is 10.1. The predicted octanol–water partition coefficient (Wildman–Crippen LogP) is 0.811. The molecule has 1 aromatic rings. The van der Waals surface area contributed by atoms with Crippen LogP contribution in [0, 0.1) is 0 Å². The Morgan fingerprint density at radius 2 is 2.13 bits per heavy atom. The van der Waals surface area contributed by atoms with Gasteiger partial charge in [0.1, 0.15) is 5.82 Å². The number of aromatic nitrogens is 2. The van der Waals surface area contributed by atoms with Crippen LogP contribution in [0.5, 0.6) is 0 Å². The van der Waals surface area contributed by atoms with Crippen LogP contribution in [0.3, 0.4) is 0 Å². The molecule has 5 nitrogen and oxygen atoms in total. The molecule has 0 aliphatic rings. The van der Waals surface area contributed by atoms with Crippen molar-refractivity contribution in [1.29, 1.82) is 0 Å². The van der Waals surface area contributed by atoms with Crippen molar-refractivity contribution in [3.05, 3.63) is 12.3 Å². The van der Waals surface area contributed by atoms with Crippen LogP contribution in [0.15, 0.2) is 12.3 Å². The van der Waals surface area contributed by atoms with Crippen LogP contribution in [0.1, 0.15) is 13.8 Å². The number of rotatable bonds is 4. The second kappa shape index (κ2) is 4.44. The number of likely N-dealkylation sites (N-methyl/N-ethyl adjacent to an activating group) is 1. The highest BCUT2D eigenvalue weighted by molar-refractivity contribution is 5.35. The first-order chi connectivity index (χ1) is 6.92. The van der Waals surface area contributed by atoms with Crippen molar-refractivity contribution < 1.29 is 0 Å². The van der Waals surface area contributed by atoms with Crippen molar-refractivity contribution in [3.8, 4) is 0 Å². The Balaban J connectivity index is 2.57. The molecule has 0 aliphatic carbocycles. The van der Waals surface area contributed by atoms with Gasteiger partial charge in [-0.05, 0) is 34.0 Å². The van der Waals surface area contributed by atoms with Gasteiger partial charge >= 0.3 is 0 Å². The monoisotopic (exact) mass is 209 g/mol. The van der Waals surface area contributed by atoms with Crippen LogP contribution in [0.25, 0.3) is 0 Å². The van der Waals surface area contributed by atoms with Crippen LogP contribution >= 0.6 is 0 Å². The molecule has 0 bridgehead atoms. The number of hydrogen-bond donors (Lipinski definition) is 2. The van der Waals surface area contributed by atoms with Gasteiger partial charge in [-0.3, -0.25) is 0 Å². The molecule has 1 heterocycles. The van der Waals surface area contributed by atoms with Gasteiger partial charge in [-0.25, -0.2) is 4.98 Å². The molecule has 0 saturated carbocycles. The molecule has 0 amide bonds. The Hall–Kier alpha value is -1.36. The molecule has 0 radical (unpaired) electrons. The molecule has 0 aliphatic heterocycles. The van der Waals surface area contributed by atoms with E-state index in [4.69, 9.17) is 5.73 Å². The number of hydrogen-bond acceptors (Lipinski definition) is 5. The first kappa shape index (κ1) is 11.7. The standard InChI is InChI=1S/C10H19N5/c1-10(2,15(3)4)7-13-9-12-6-5-8(11)14-9/h5-6H,7H2,1-4H3,(H3,11,12,13,14). The first-order valence-corrected chi connectivity index (χ1v) is 4.91. The zero-order valence-electron chi connectivity index (χ0n) is 9.78. The van der Waals surface area contributed by atoms with Gasteiger partial charge in [-0.2, -0.15) is 4.98 Å². The highest BCUT2D eigenvalue weighted by Gasteiger charge is 2.20. The lowest BCUT2D eigenvalue weighted by molar-refractivity contribution is 0.209. The summed E-state index contributed by atoms with van der Waals surface area (Å²) < 4.78 is 0. The van der Waals surface area contributed by atoms with Crippen molar-refractivity contribution in [1.82, 2.24) is 14.9 Å². The maximum atomic E-state index is 5.56. The second-order valence-electron chi connectivity index (χ2n) is 4.37. The van der Waals surface area contributed by atoms with E-state index < -0.39 is 0 Å². The highest BCUT2D eigenvalue weighted by atomic mass is 15.2. The fourth-order valence-electron chi connectivity index (χ4n) is 0.911. The Kier molecular flexibility index (Phi) is 3.47. The minimum Gasteiger partial charge on any atom is -0.384 e. The van der Waals surface area contributed by atoms with E-state index in [0.29, 0.717) is 11.8 Å². The molecule has 1 rings (SSSR count). The van der Waals surface area contributed by atoms with Gasteiger partial charge in [0.2, 0.25) is 5.95 Å². The van der Waals surface area contributed by atoms with Crippen molar-refractivity contribution >= 4 is 11.8 Å². The topological polar surface area (TPSA) is 67.1 Å². The largest absolute Gasteiger partial charge is 0.384 e. The van der Waals surface area contributed by atoms with Gasteiger partial charge in [0.05, 0.1) is 0 Å². The van der Waals surface area contributed by atoms with E-state index >= 15 is 0 Å². The normalized spacial score (nSPS) is 11.8. The molecule has 84 valence electrons. The number of nitrogen functional groups attached to an aromatic ring is 1. The molecular weight excluding hydrogens is 190 g/mol. The fourth-order valence-corrected chi connectivity index (χ4v) is 0.911. The lowest BCUT2D eigenvalue weighted by Crippen LogP contribution is -2.44. The fraction of sp³-hybridized carbons (Fsp3) is 0.600. The molecule has 1 aromatic heterocycles. The number of anilines is 2. The summed E-state index contributed by atoms with van der Waals surface area (Å²) in [4.78, 5) is 10.3. The smallest absolute Gasteiger partial charge is 0.224 e. The van der Waals surface area contributed by atoms with E-state index in [1.54, 1.807) is 12.3 Å². The van der Waals surface area contributed by atoms with Crippen LogP contribution in [-0.4, -0.2) is 41.0 Å². The van der Waals surface area contributed by atoms with E-state index in [2.05, 4.69) is 34.0 Å². The number of nitrogens with zero attached hydrogens (tertiary/aromatic N) is 3. The van der Waals surface area contributed by atoms with E-state index in [9.17, 15) is 0 Å². The van der Waals surface area contributed by atoms with Crippen LogP contribution in [-0.2, 0) is 0 Å². The summed E-state index contributed by atoms with van der Waals surface area (Å²) in [6.45, 7) is 5.06. The average molecular weight is 209 g/mol. The van der Waals surface area contributed by atoms with Crippen LogP contribution < -0.4 is 11.1 Å². The third kappa shape index (κ3) is 3.36. The first-order valence-electron chi connectivity index (χ1n) is 4.91. The van der Waals surface area contributed by atoms with Crippen molar-refractivity contribution in [2.45, 2.75) is 19.4 Å². The third-order valence-corrected chi connectivity index (χ3v) is 2.57. The minimum absolute atomic E-state index is 0.0496. The van der Waals surface area contributed by atoms with Gasteiger partial charge in [0.15, 0.2) is 0 Å². The third-order valence-electron chi connectivity index (χ3n) is 2.57. The maximum absolute atomic E-state index is 5.56. The number of nitrogens with one attached hydrogen (secondary N) is 1. The van der Waals surface area contributed by atoms with E-state index in [-0.39, 0.29) is 5.54 Å². The molecule has 5 heteroatoms. The van der Waals surface area contributed by atoms with Crippen molar-refractivity contribution in [3.63, 3.8) is 0 Å². The van der Waals surface area contributed by atoms with Gasteiger partial charge in [-0.1, -0.05) is 0 Å². The molecular formula is C10H19N5. The van der Waals surface area contributed by atoms with Gasteiger partial charge in [0, 0.05) is 18.3 Å². The Morgan fingerprint density at radius 1 is 1.47 bits per heavy atom. The summed E-state index contributed by atoms with van der Waals surface area (Å²) in [5, 5.41) is 3.16. The summed E-state index contributed by atoms with van der Waals surface area (Å²) >= 11 is 0. The Bertz CT molecular complexity index is 321. The molecule has 0 unspecified atom stereocenters. The molecule has 0 atom stereocenters. The lowest BCUT2D eigenvalue weighted by Gasteiger charge is -2.32. The summed E-state index contributed by atoms with van der Waals surface area (Å²) in [5.41, 5.74) is 5.61. The van der Waals surface area contributed by atoms with Gasteiger partial charge < -0.3 is 16.0 Å². The van der Waals surface area contributed by atoms with E-state index in [1.165, 1.54) is 0 Å². The zero-order chi connectivity index (χ0) is 11.5. The van der Waals surface area contributed by atoms with Gasteiger partial charge in [0.25, 0.3) is 0 Å². The maximum Gasteiger partial charge on any atom is 0.224 e. The van der Waals surface area contributed by atoms with Crippen molar-refractivity contribution in [2.24, 2.45) is 0 Å². The molecule has 0 aromatic carbocycles. The van der Waals surface area contributed by atoms with Crippen LogP contribution in [0.2, 0.25) is 0 Å². The quantitative estimate of drug-likeness (QED) is 0.768. The Labute approximate surface area is 90.7 Å². The van der Waals surface area contributed by atoms with Gasteiger partial charge in [-0.15, -0.1) is 0 Å². The summed E-state index contributed by atoms with van der Waals surface area (Å²) in [6.07, 6.45) is 1.65. The second-order valence-corrected chi connectivity index (χ2v) is 4.37. The summed E-state index contributed by atoms with van der Waals surface area (Å²) in [7, 11) is 4.09. The summed E-state index contributed by atoms with van der Waals surface area (Å²) in [5.74, 6) is 1.06. The van der Waals surface area contributed by atoms with Crippen LogP contribution in [0.4, 0.5) is 11.8 Å². The Morgan fingerprint density at radius 3 is 2.67 bits per heavy atom. The van der Waals surface area contributed by atoms with Crippen molar-refractivity contribution in [2.75, 3.05) is 31.7 Å². The number of nitrogens with two attached hydrogens (primary N) is 1. The van der Waals surface area contributed by atoms with E-state index in [1.807, 2.05) is 14.1 Å². The minimum atomic E-state index is 0.0496. The predicted molar refractivity (Wildman–Crippen MR) is 62.7 cm³/mol. The molecule has 0 fully saturated rings.